The van der Waals surface area contributed by atoms with E-state index in [1.165, 1.54) is 4.90 Å². The van der Waals surface area contributed by atoms with Crippen molar-refractivity contribution in [2.24, 2.45) is 4.99 Å². The van der Waals surface area contributed by atoms with Gasteiger partial charge in [0.05, 0.1) is 6.54 Å². The molecule has 1 aromatic carbocycles. The lowest BCUT2D eigenvalue weighted by atomic mass is 10.1. The number of fused-ring (bicyclic) bond motifs is 3. The molecule has 1 fully saturated rings. The highest BCUT2D eigenvalue weighted by molar-refractivity contribution is 6.04. The molecule has 0 bridgehead atoms. The molecule has 3 heterocycles. The number of urea groups is 1. The zero-order valence-corrected chi connectivity index (χ0v) is 17.7. The lowest BCUT2D eigenvalue weighted by Crippen LogP contribution is -2.63. The molecule has 3 amide bonds. The number of allylic oxidation sites excluding steroid dienone is 1. The van der Waals surface area contributed by atoms with Crippen molar-refractivity contribution in [1.29, 1.82) is 0 Å². The Bertz CT molecular complexity index is 891. The number of hydrogen-bond acceptors (Lipinski definition) is 6. The molecule has 29 heavy (non-hydrogen) atoms. The van der Waals surface area contributed by atoms with E-state index in [1.807, 2.05) is 63.3 Å². The fourth-order valence-corrected chi connectivity index (χ4v) is 4.00. The van der Waals surface area contributed by atoms with Gasteiger partial charge in [0.25, 0.3) is 5.91 Å². The zero-order valence-electron chi connectivity index (χ0n) is 17.7. The van der Waals surface area contributed by atoms with E-state index in [4.69, 9.17) is 4.99 Å². The molecule has 8 nitrogen and oxygen atoms in total. The summed E-state index contributed by atoms with van der Waals surface area (Å²) in [6, 6.07) is 7.09. The van der Waals surface area contributed by atoms with Crippen LogP contribution in [0.4, 0.5) is 4.79 Å². The molecule has 8 heteroatoms. The monoisotopic (exact) mass is 396 g/mol. The predicted molar refractivity (Wildman–Crippen MR) is 111 cm³/mol. The lowest BCUT2D eigenvalue weighted by Gasteiger charge is -2.40. The lowest BCUT2D eigenvalue weighted by molar-refractivity contribution is -0.137. The second-order valence-corrected chi connectivity index (χ2v) is 8.22. The van der Waals surface area contributed by atoms with Crippen molar-refractivity contribution in [1.82, 2.24) is 24.5 Å². The average Bonchev–Trinajstić information content (AvgIpc) is 3.18. The number of imide groups is 1. The van der Waals surface area contributed by atoms with Crippen LogP contribution in [0.3, 0.4) is 0 Å². The van der Waals surface area contributed by atoms with Crippen LogP contribution in [0.25, 0.3) is 0 Å². The van der Waals surface area contributed by atoms with Crippen LogP contribution in [0.5, 0.6) is 0 Å². The number of hydrogen-bond donors (Lipinski definition) is 0. The summed E-state index contributed by atoms with van der Waals surface area (Å²) in [6.07, 6.45) is 1.48. The summed E-state index contributed by atoms with van der Waals surface area (Å²) in [5.74, 6) is 0.556. The molecule has 2 atom stereocenters. The van der Waals surface area contributed by atoms with Crippen molar-refractivity contribution in [3.05, 3.63) is 47.3 Å². The van der Waals surface area contributed by atoms with Gasteiger partial charge in [-0.1, -0.05) is 29.8 Å². The number of guanidine groups is 1. The molecule has 4 rings (SSSR count). The number of carbonyl (C=O) groups excluding carboxylic acids is 2. The number of nitrogens with zero attached hydrogens (tertiary/aromatic N) is 6. The highest BCUT2D eigenvalue weighted by Crippen LogP contribution is 2.34. The number of amides is 3. The largest absolute Gasteiger partial charge is 0.328 e. The van der Waals surface area contributed by atoms with E-state index in [0.29, 0.717) is 0 Å². The summed E-state index contributed by atoms with van der Waals surface area (Å²) in [5.41, 5.74) is 3.14. The number of benzene rings is 1. The molecule has 3 aliphatic heterocycles. The standard InChI is InChI=1S/C21H28N6O2/c1-14-6-8-16(9-7-14)13-27-19(28)17-18(24(5)21(27)29)22-20-25(11-10-23(3)4)15(2)12-26(17)20/h6-9,12,17-18H,10-11,13H2,1-5H3. The van der Waals surface area contributed by atoms with Gasteiger partial charge in [0.1, 0.15) is 0 Å². The zero-order chi connectivity index (χ0) is 20.9. The molecule has 0 saturated carbocycles. The maximum absolute atomic E-state index is 13.4. The van der Waals surface area contributed by atoms with Gasteiger partial charge in [0.2, 0.25) is 5.96 Å². The van der Waals surface area contributed by atoms with Crippen LogP contribution in [0.2, 0.25) is 0 Å². The van der Waals surface area contributed by atoms with Crippen LogP contribution in [0, 0.1) is 6.92 Å². The Hall–Kier alpha value is -2.87. The van der Waals surface area contributed by atoms with Gasteiger partial charge in [-0.25, -0.2) is 9.79 Å². The number of carbonyl (C=O) groups is 2. The number of aryl methyl sites for hydroxylation is 1. The predicted octanol–water partition coefficient (Wildman–Crippen LogP) is 1.49. The summed E-state index contributed by atoms with van der Waals surface area (Å²) >= 11 is 0. The smallest absolute Gasteiger partial charge is 0.313 e. The van der Waals surface area contributed by atoms with Crippen LogP contribution < -0.4 is 0 Å². The SMILES string of the molecule is CC1=CN2C(=NC3C2C(=O)N(Cc2ccc(C)cc2)C(=O)N3C)N1CCN(C)C. The number of rotatable bonds is 5. The molecular formula is C21H28N6O2. The van der Waals surface area contributed by atoms with Crippen LogP contribution in [-0.2, 0) is 11.3 Å². The van der Waals surface area contributed by atoms with Crippen molar-refractivity contribution < 1.29 is 9.59 Å². The van der Waals surface area contributed by atoms with Gasteiger partial charge in [-0.15, -0.1) is 0 Å². The number of aliphatic imine (C=N–C) groups is 1. The van der Waals surface area contributed by atoms with Crippen LogP contribution in [-0.4, -0.2) is 88.8 Å². The molecule has 0 aliphatic carbocycles. The van der Waals surface area contributed by atoms with Crippen LogP contribution >= 0.6 is 0 Å². The second-order valence-electron chi connectivity index (χ2n) is 8.22. The van der Waals surface area contributed by atoms with E-state index in [1.54, 1.807) is 11.9 Å². The van der Waals surface area contributed by atoms with Gasteiger partial charge in [0.15, 0.2) is 12.2 Å². The molecule has 0 aromatic heterocycles. The first kappa shape index (κ1) is 19.4. The molecule has 1 saturated heterocycles. The fraction of sp³-hybridized carbons (Fsp3) is 0.476. The van der Waals surface area contributed by atoms with E-state index in [9.17, 15) is 9.59 Å². The summed E-state index contributed by atoms with van der Waals surface area (Å²) in [7, 11) is 5.78. The Kier molecular flexibility index (Phi) is 4.82. The summed E-state index contributed by atoms with van der Waals surface area (Å²) in [5, 5.41) is 0. The minimum atomic E-state index is -0.516. The maximum atomic E-state index is 13.4. The third-order valence-electron chi connectivity index (χ3n) is 5.73. The van der Waals surface area contributed by atoms with Crippen molar-refractivity contribution in [3.63, 3.8) is 0 Å². The highest BCUT2D eigenvalue weighted by Gasteiger charge is 2.54. The molecule has 0 spiro atoms. The Labute approximate surface area is 171 Å². The van der Waals surface area contributed by atoms with Crippen molar-refractivity contribution >= 4 is 17.9 Å². The quantitative estimate of drug-likeness (QED) is 0.755. The molecular weight excluding hydrogens is 368 g/mol. The van der Waals surface area contributed by atoms with E-state index in [0.717, 1.165) is 35.9 Å². The first-order valence-corrected chi connectivity index (χ1v) is 9.88. The Morgan fingerprint density at radius 2 is 1.76 bits per heavy atom. The molecule has 0 radical (unpaired) electrons. The van der Waals surface area contributed by atoms with Crippen LogP contribution in [0.15, 0.2) is 41.2 Å². The fourth-order valence-electron chi connectivity index (χ4n) is 4.00. The second kappa shape index (κ2) is 7.18. The third kappa shape index (κ3) is 3.27. The van der Waals surface area contributed by atoms with Crippen molar-refractivity contribution in [2.75, 3.05) is 34.2 Å². The average molecular weight is 396 g/mol. The highest BCUT2D eigenvalue weighted by atomic mass is 16.2. The third-order valence-corrected chi connectivity index (χ3v) is 5.73. The molecule has 3 aliphatic rings. The summed E-state index contributed by atoms with van der Waals surface area (Å²) in [6.45, 7) is 5.96. The van der Waals surface area contributed by atoms with Gasteiger partial charge >= 0.3 is 6.03 Å². The topological polar surface area (TPSA) is 62.7 Å². The minimum absolute atomic E-state index is 0.198. The van der Waals surface area contributed by atoms with E-state index in [-0.39, 0.29) is 18.5 Å². The normalized spacial score (nSPS) is 23.7. The van der Waals surface area contributed by atoms with Crippen molar-refractivity contribution in [3.8, 4) is 0 Å². The van der Waals surface area contributed by atoms with Gasteiger partial charge in [-0.05, 0) is 33.5 Å². The van der Waals surface area contributed by atoms with E-state index < -0.39 is 12.2 Å². The van der Waals surface area contributed by atoms with Crippen LogP contribution in [0.1, 0.15) is 18.1 Å². The van der Waals surface area contributed by atoms with E-state index in [2.05, 4.69) is 9.80 Å². The van der Waals surface area contributed by atoms with E-state index >= 15 is 0 Å². The number of likely N-dealkylation sites (N-methyl/N-ethyl adjacent to an activating group) is 2. The van der Waals surface area contributed by atoms with Gasteiger partial charge in [0, 0.05) is 32.0 Å². The summed E-state index contributed by atoms with van der Waals surface area (Å²) in [4.78, 5) is 40.2. The summed E-state index contributed by atoms with van der Waals surface area (Å²) < 4.78 is 0. The first-order valence-electron chi connectivity index (χ1n) is 9.88. The van der Waals surface area contributed by atoms with Crippen molar-refractivity contribution in [2.45, 2.75) is 32.6 Å². The molecule has 2 unspecified atom stereocenters. The Morgan fingerprint density at radius 1 is 1.07 bits per heavy atom. The Balaban J connectivity index is 1.59. The maximum Gasteiger partial charge on any atom is 0.328 e. The molecule has 154 valence electrons. The van der Waals surface area contributed by atoms with Gasteiger partial charge < -0.3 is 19.6 Å². The molecule has 1 aromatic rings. The molecule has 0 N–H and O–H groups in total. The first-order chi connectivity index (χ1) is 13.8. The van der Waals surface area contributed by atoms with Gasteiger partial charge in [-0.2, -0.15) is 0 Å². The minimum Gasteiger partial charge on any atom is -0.313 e. The Morgan fingerprint density at radius 3 is 2.41 bits per heavy atom. The van der Waals surface area contributed by atoms with Gasteiger partial charge in [-0.3, -0.25) is 9.69 Å².